The van der Waals surface area contributed by atoms with Crippen molar-refractivity contribution in [2.75, 3.05) is 24.3 Å². The van der Waals surface area contributed by atoms with Gasteiger partial charge in [0.05, 0.1) is 17.5 Å². The van der Waals surface area contributed by atoms with E-state index in [9.17, 15) is 0 Å². The lowest BCUT2D eigenvalue weighted by Crippen LogP contribution is -2.43. The molecule has 0 aromatic heterocycles. The minimum absolute atomic E-state index is 0.370. The lowest BCUT2D eigenvalue weighted by atomic mass is 9.99. The Morgan fingerprint density at radius 1 is 1.47 bits per heavy atom. The van der Waals surface area contributed by atoms with Gasteiger partial charge < -0.3 is 15.4 Å². The molecule has 1 heterocycles. The van der Waals surface area contributed by atoms with Gasteiger partial charge in [-0.05, 0) is 38.0 Å². The second kappa shape index (κ2) is 5.15. The molecule has 0 radical (unpaired) electrons. The van der Waals surface area contributed by atoms with E-state index in [-0.39, 0.29) is 0 Å². The van der Waals surface area contributed by atoms with Gasteiger partial charge in [-0.2, -0.15) is 0 Å². The third-order valence-electron chi connectivity index (χ3n) is 3.46. The van der Waals surface area contributed by atoms with Crippen LogP contribution >= 0.6 is 11.6 Å². The van der Waals surface area contributed by atoms with E-state index < -0.39 is 0 Å². The van der Waals surface area contributed by atoms with Crippen LogP contribution in [0.25, 0.3) is 0 Å². The SMILES string of the molecule is COC1CCN(c2ccc(Cl)cc2N)C(C)C1. The molecule has 2 rings (SSSR count). The topological polar surface area (TPSA) is 38.5 Å². The Hall–Kier alpha value is -0.930. The fourth-order valence-corrected chi connectivity index (χ4v) is 2.67. The quantitative estimate of drug-likeness (QED) is 0.825. The zero-order chi connectivity index (χ0) is 12.4. The van der Waals surface area contributed by atoms with E-state index in [1.54, 1.807) is 7.11 Å². The Kier molecular flexibility index (Phi) is 3.79. The Morgan fingerprint density at radius 3 is 2.82 bits per heavy atom. The number of piperidine rings is 1. The van der Waals surface area contributed by atoms with Gasteiger partial charge in [-0.1, -0.05) is 11.6 Å². The van der Waals surface area contributed by atoms with Crippen molar-refractivity contribution in [2.24, 2.45) is 0 Å². The molecule has 1 saturated heterocycles. The molecule has 1 aliphatic rings. The van der Waals surface area contributed by atoms with E-state index in [1.165, 1.54) is 0 Å². The van der Waals surface area contributed by atoms with E-state index in [0.29, 0.717) is 17.2 Å². The van der Waals surface area contributed by atoms with Crippen molar-refractivity contribution in [1.82, 2.24) is 0 Å². The zero-order valence-corrected chi connectivity index (χ0v) is 11.1. The van der Waals surface area contributed by atoms with Crippen molar-refractivity contribution >= 4 is 23.0 Å². The number of rotatable bonds is 2. The highest BCUT2D eigenvalue weighted by molar-refractivity contribution is 6.31. The molecule has 0 bridgehead atoms. The summed E-state index contributed by atoms with van der Waals surface area (Å²) >= 11 is 5.92. The number of hydrogen-bond acceptors (Lipinski definition) is 3. The second-order valence-electron chi connectivity index (χ2n) is 4.63. The lowest BCUT2D eigenvalue weighted by molar-refractivity contribution is 0.0721. The van der Waals surface area contributed by atoms with Crippen molar-refractivity contribution < 1.29 is 4.74 Å². The largest absolute Gasteiger partial charge is 0.397 e. The predicted octanol–water partition coefficient (Wildman–Crippen LogP) is 2.93. The molecule has 4 heteroatoms. The summed E-state index contributed by atoms with van der Waals surface area (Å²) in [6, 6.07) is 6.15. The highest BCUT2D eigenvalue weighted by atomic mass is 35.5. The molecular formula is C13H19ClN2O. The second-order valence-corrected chi connectivity index (χ2v) is 5.06. The van der Waals surface area contributed by atoms with Crippen LogP contribution < -0.4 is 10.6 Å². The van der Waals surface area contributed by atoms with Crippen molar-refractivity contribution in [3.8, 4) is 0 Å². The fraction of sp³-hybridized carbons (Fsp3) is 0.538. The van der Waals surface area contributed by atoms with Gasteiger partial charge in [0, 0.05) is 24.7 Å². The van der Waals surface area contributed by atoms with Crippen LogP contribution in [0.3, 0.4) is 0 Å². The van der Waals surface area contributed by atoms with E-state index in [0.717, 1.165) is 30.8 Å². The average molecular weight is 255 g/mol. The molecule has 0 spiro atoms. The number of hydrogen-bond donors (Lipinski definition) is 1. The third kappa shape index (κ3) is 2.67. The molecule has 0 aliphatic carbocycles. The summed E-state index contributed by atoms with van der Waals surface area (Å²) in [6.07, 6.45) is 2.45. The number of halogens is 1. The number of nitrogens with zero attached hydrogens (tertiary/aromatic N) is 1. The van der Waals surface area contributed by atoms with Crippen LogP contribution in [0.2, 0.25) is 5.02 Å². The van der Waals surface area contributed by atoms with Gasteiger partial charge in [-0.25, -0.2) is 0 Å². The number of methoxy groups -OCH3 is 1. The van der Waals surface area contributed by atoms with Crippen LogP contribution in [0.15, 0.2) is 18.2 Å². The first-order chi connectivity index (χ1) is 8.11. The number of nitrogens with two attached hydrogens (primary N) is 1. The highest BCUT2D eigenvalue weighted by Gasteiger charge is 2.26. The molecule has 2 unspecified atom stereocenters. The van der Waals surface area contributed by atoms with Gasteiger partial charge in [0.1, 0.15) is 0 Å². The standard InChI is InChI=1S/C13H19ClN2O/c1-9-7-11(17-2)5-6-16(9)13-4-3-10(14)8-12(13)15/h3-4,8-9,11H,5-7,15H2,1-2H3. The predicted molar refractivity (Wildman–Crippen MR) is 72.7 cm³/mol. The molecule has 2 atom stereocenters. The van der Waals surface area contributed by atoms with Crippen molar-refractivity contribution in [3.63, 3.8) is 0 Å². The number of nitrogen functional groups attached to an aromatic ring is 1. The van der Waals surface area contributed by atoms with E-state index in [2.05, 4.69) is 11.8 Å². The van der Waals surface area contributed by atoms with E-state index in [1.807, 2.05) is 18.2 Å². The van der Waals surface area contributed by atoms with Crippen molar-refractivity contribution in [3.05, 3.63) is 23.2 Å². The molecule has 17 heavy (non-hydrogen) atoms. The monoisotopic (exact) mass is 254 g/mol. The molecule has 0 saturated carbocycles. The summed E-state index contributed by atoms with van der Waals surface area (Å²) in [4.78, 5) is 2.33. The minimum Gasteiger partial charge on any atom is -0.397 e. The van der Waals surface area contributed by atoms with Gasteiger partial charge >= 0.3 is 0 Å². The highest BCUT2D eigenvalue weighted by Crippen LogP contribution is 2.31. The van der Waals surface area contributed by atoms with Gasteiger partial charge in [0.2, 0.25) is 0 Å². The molecule has 94 valence electrons. The maximum absolute atomic E-state index is 6.02. The first kappa shape index (κ1) is 12.5. The van der Waals surface area contributed by atoms with Gasteiger partial charge in [-0.15, -0.1) is 0 Å². The number of ether oxygens (including phenoxy) is 1. The molecule has 0 amide bonds. The summed E-state index contributed by atoms with van der Waals surface area (Å²) in [6.45, 7) is 3.19. The summed E-state index contributed by atoms with van der Waals surface area (Å²) in [7, 11) is 1.78. The Morgan fingerprint density at radius 2 is 2.24 bits per heavy atom. The maximum Gasteiger partial charge on any atom is 0.0607 e. The van der Waals surface area contributed by atoms with Crippen molar-refractivity contribution in [1.29, 1.82) is 0 Å². The summed E-state index contributed by atoms with van der Waals surface area (Å²) < 4.78 is 5.42. The number of anilines is 2. The summed E-state index contributed by atoms with van der Waals surface area (Å²) in [5.74, 6) is 0. The third-order valence-corrected chi connectivity index (χ3v) is 3.70. The van der Waals surface area contributed by atoms with Crippen LogP contribution in [-0.2, 0) is 4.74 Å². The van der Waals surface area contributed by atoms with Gasteiger partial charge in [0.25, 0.3) is 0 Å². The Labute approximate surface area is 107 Å². The Balaban J connectivity index is 2.17. The van der Waals surface area contributed by atoms with Crippen molar-refractivity contribution in [2.45, 2.75) is 31.9 Å². The first-order valence-electron chi connectivity index (χ1n) is 5.96. The first-order valence-corrected chi connectivity index (χ1v) is 6.34. The van der Waals surface area contributed by atoms with E-state index in [4.69, 9.17) is 22.1 Å². The summed E-state index contributed by atoms with van der Waals surface area (Å²) in [5, 5.41) is 0.686. The van der Waals surface area contributed by atoms with Crippen LogP contribution in [0.5, 0.6) is 0 Å². The van der Waals surface area contributed by atoms with Gasteiger partial charge in [-0.3, -0.25) is 0 Å². The summed E-state index contributed by atoms with van der Waals surface area (Å²) in [5.41, 5.74) is 7.85. The molecular weight excluding hydrogens is 236 g/mol. The van der Waals surface area contributed by atoms with Crippen LogP contribution in [0.1, 0.15) is 19.8 Å². The van der Waals surface area contributed by atoms with Crippen LogP contribution in [0, 0.1) is 0 Å². The minimum atomic E-state index is 0.370. The molecule has 1 aliphatic heterocycles. The molecule has 1 fully saturated rings. The normalized spacial score (nSPS) is 25.0. The fourth-order valence-electron chi connectivity index (χ4n) is 2.49. The number of benzene rings is 1. The zero-order valence-electron chi connectivity index (χ0n) is 10.3. The van der Waals surface area contributed by atoms with E-state index >= 15 is 0 Å². The smallest absolute Gasteiger partial charge is 0.0607 e. The van der Waals surface area contributed by atoms with Crippen LogP contribution in [0.4, 0.5) is 11.4 Å². The maximum atomic E-state index is 6.02. The molecule has 2 N–H and O–H groups in total. The molecule has 1 aromatic carbocycles. The average Bonchev–Trinajstić information content (AvgIpc) is 2.30. The Bertz CT molecular complexity index is 397. The van der Waals surface area contributed by atoms with Crippen LogP contribution in [-0.4, -0.2) is 25.8 Å². The lowest BCUT2D eigenvalue weighted by Gasteiger charge is -2.39. The molecule has 3 nitrogen and oxygen atoms in total. The van der Waals surface area contributed by atoms with Gasteiger partial charge in [0.15, 0.2) is 0 Å². The molecule has 1 aromatic rings.